The average molecular weight is 733 g/mol. The fourth-order valence-corrected chi connectivity index (χ4v) is 5.60. The molecule has 3 rings (SSSR count). The number of aromatic nitrogens is 2. The predicted molar refractivity (Wildman–Crippen MR) is 185 cm³/mol. The van der Waals surface area contributed by atoms with Gasteiger partial charge in [-0.1, -0.05) is 26.0 Å². The number of rotatable bonds is 16. The lowest BCUT2D eigenvalue weighted by Crippen LogP contribution is -2.62. The highest BCUT2D eigenvalue weighted by Gasteiger charge is 2.38. The van der Waals surface area contributed by atoms with Gasteiger partial charge >= 0.3 is 17.7 Å². The minimum absolute atomic E-state index is 0.00570. The van der Waals surface area contributed by atoms with Crippen LogP contribution in [0.5, 0.6) is 5.75 Å². The van der Waals surface area contributed by atoms with Crippen LogP contribution in [0.15, 0.2) is 46.1 Å². The molecule has 0 saturated carbocycles. The number of amides is 5. The fourth-order valence-electron chi connectivity index (χ4n) is 5.60. The molecule has 1 saturated heterocycles. The number of carboxylic acid groups (broad SMARTS) is 1. The summed E-state index contributed by atoms with van der Waals surface area (Å²) in [5.41, 5.74) is 4.88. The zero-order chi connectivity index (χ0) is 38.9. The third-order valence-electron chi connectivity index (χ3n) is 8.51. The first kappa shape index (κ1) is 41.2. The summed E-state index contributed by atoms with van der Waals surface area (Å²) in [4.78, 5) is 92.2. The summed E-state index contributed by atoms with van der Waals surface area (Å²) in [6.07, 6.45) is -1.95. The molecule has 19 heteroatoms. The molecule has 0 radical (unpaired) electrons. The summed E-state index contributed by atoms with van der Waals surface area (Å²) in [6.45, 7) is 6.37. The number of urea groups is 1. The standard InChI is InChI=1S/C33H48N8O11/c1-16(2)12-22(36-32(50)37-23(31(48)49)13-19-6-8-20(42)9-7-19)27(45)39-26(18(4)40(5)29(47)17(3)34)28(46)35-15-21-14-24(43)30(52-21)41-11-10-25(44)38-33(41)51/h6-11,16-18,21-24,26,30,42-43H,12-15,34H2,1-5H3,(H,35,46)(H,39,45)(H,48,49)(H2,36,37,50)(H,38,44,51)/t17-,18-,21?,22-,23-,24+,26-,30+/m0/s1. The highest BCUT2D eigenvalue weighted by atomic mass is 16.5. The number of phenolic OH excluding ortho intramolecular Hbond substituents is 1. The summed E-state index contributed by atoms with van der Waals surface area (Å²) >= 11 is 0. The van der Waals surface area contributed by atoms with E-state index in [0.717, 1.165) is 10.6 Å². The van der Waals surface area contributed by atoms with E-state index < -0.39 is 89.6 Å². The molecule has 1 aliphatic rings. The summed E-state index contributed by atoms with van der Waals surface area (Å²) in [5.74, 6) is -3.58. The lowest BCUT2D eigenvalue weighted by Gasteiger charge is -2.34. The van der Waals surface area contributed by atoms with Crippen molar-refractivity contribution in [3.8, 4) is 5.75 Å². The number of aliphatic hydroxyl groups excluding tert-OH is 1. The number of aliphatic carboxylic acids is 1. The minimum atomic E-state index is -1.40. The van der Waals surface area contributed by atoms with Gasteiger partial charge in [-0.15, -0.1) is 0 Å². The second-order valence-corrected chi connectivity index (χ2v) is 13.2. The number of nitrogens with one attached hydrogen (secondary N) is 5. The maximum atomic E-state index is 13.7. The highest BCUT2D eigenvalue weighted by molar-refractivity contribution is 5.93. The Kier molecular flexibility index (Phi) is 14.5. The van der Waals surface area contributed by atoms with Crippen molar-refractivity contribution >= 4 is 29.7 Å². The summed E-state index contributed by atoms with van der Waals surface area (Å²) in [7, 11) is 1.41. The van der Waals surface area contributed by atoms with Gasteiger partial charge in [0.1, 0.15) is 30.0 Å². The van der Waals surface area contributed by atoms with E-state index in [1.54, 1.807) is 13.8 Å². The van der Waals surface area contributed by atoms with Crippen molar-refractivity contribution < 1.29 is 44.0 Å². The van der Waals surface area contributed by atoms with E-state index in [0.29, 0.717) is 5.56 Å². The number of phenols is 1. The number of nitrogens with two attached hydrogens (primary N) is 1. The van der Waals surface area contributed by atoms with Gasteiger partial charge in [0.2, 0.25) is 17.7 Å². The molecule has 1 aromatic carbocycles. The number of hydrogen-bond donors (Lipinski definition) is 9. The Labute approximate surface area is 298 Å². The van der Waals surface area contributed by atoms with Crippen molar-refractivity contribution in [1.29, 1.82) is 0 Å². The van der Waals surface area contributed by atoms with Gasteiger partial charge in [-0.2, -0.15) is 0 Å². The largest absolute Gasteiger partial charge is 0.508 e. The molecule has 0 aliphatic carbocycles. The van der Waals surface area contributed by atoms with Gasteiger partial charge in [-0.05, 0) is 43.9 Å². The van der Waals surface area contributed by atoms with Crippen molar-refractivity contribution in [2.75, 3.05) is 13.6 Å². The first-order valence-corrected chi connectivity index (χ1v) is 16.7. The van der Waals surface area contributed by atoms with Crippen LogP contribution < -0.4 is 38.2 Å². The van der Waals surface area contributed by atoms with Gasteiger partial charge in [0, 0.05) is 38.7 Å². The van der Waals surface area contributed by atoms with Gasteiger partial charge in [0.25, 0.3) is 5.56 Å². The number of H-pyrrole nitrogens is 1. The van der Waals surface area contributed by atoms with Gasteiger partial charge in [-0.3, -0.25) is 28.7 Å². The number of ether oxygens (including phenoxy) is 1. The number of benzene rings is 1. The van der Waals surface area contributed by atoms with E-state index in [1.807, 2.05) is 0 Å². The molecular weight excluding hydrogens is 684 g/mol. The number of aliphatic hydroxyl groups is 1. The van der Waals surface area contributed by atoms with E-state index in [4.69, 9.17) is 10.5 Å². The molecule has 0 spiro atoms. The monoisotopic (exact) mass is 732 g/mol. The third kappa shape index (κ3) is 11.4. The van der Waals surface area contributed by atoms with E-state index in [2.05, 4.69) is 26.3 Å². The normalized spacial score (nSPS) is 19.8. The lowest BCUT2D eigenvalue weighted by molar-refractivity contribution is -0.139. The fraction of sp³-hybridized carbons (Fsp3) is 0.545. The van der Waals surface area contributed by atoms with Crippen molar-refractivity contribution in [2.24, 2.45) is 11.7 Å². The molecule has 1 unspecified atom stereocenters. The highest BCUT2D eigenvalue weighted by Crippen LogP contribution is 2.27. The molecule has 2 aromatic rings. The molecule has 10 N–H and O–H groups in total. The third-order valence-corrected chi connectivity index (χ3v) is 8.51. The summed E-state index contributed by atoms with van der Waals surface area (Å²) < 4.78 is 6.80. The van der Waals surface area contributed by atoms with Crippen LogP contribution in [0.1, 0.15) is 52.3 Å². The Hall–Kier alpha value is -5.27. The van der Waals surface area contributed by atoms with Crippen LogP contribution in [0.3, 0.4) is 0 Å². The van der Waals surface area contributed by atoms with E-state index >= 15 is 0 Å². The Morgan fingerprint density at radius 1 is 1.00 bits per heavy atom. The number of nitrogens with zero attached hydrogens (tertiary/aromatic N) is 2. The Morgan fingerprint density at radius 2 is 1.63 bits per heavy atom. The molecule has 2 heterocycles. The zero-order valence-corrected chi connectivity index (χ0v) is 29.6. The quantitative estimate of drug-likeness (QED) is 0.0915. The number of aromatic amines is 1. The minimum Gasteiger partial charge on any atom is -0.508 e. The number of carbonyl (C=O) groups excluding carboxylic acids is 4. The van der Waals surface area contributed by atoms with Crippen molar-refractivity contribution in [1.82, 2.24) is 35.7 Å². The number of hydrogen-bond acceptors (Lipinski definition) is 11. The molecule has 1 fully saturated rings. The van der Waals surface area contributed by atoms with E-state index in [-0.39, 0.29) is 37.5 Å². The van der Waals surface area contributed by atoms with Crippen molar-refractivity contribution in [3.63, 3.8) is 0 Å². The zero-order valence-electron chi connectivity index (χ0n) is 29.6. The van der Waals surface area contributed by atoms with Crippen LogP contribution in [0.25, 0.3) is 0 Å². The van der Waals surface area contributed by atoms with Crippen molar-refractivity contribution in [3.05, 3.63) is 62.9 Å². The summed E-state index contributed by atoms with van der Waals surface area (Å²) in [5, 5.41) is 39.9. The van der Waals surface area contributed by atoms with Gasteiger partial charge in [0.15, 0.2) is 6.23 Å². The first-order chi connectivity index (χ1) is 24.4. The Morgan fingerprint density at radius 3 is 2.21 bits per heavy atom. The predicted octanol–water partition coefficient (Wildman–Crippen LogP) is -1.90. The second kappa shape index (κ2) is 18.3. The van der Waals surface area contributed by atoms with Crippen LogP contribution in [0.2, 0.25) is 0 Å². The molecular formula is C33H48N8O11. The maximum absolute atomic E-state index is 13.7. The van der Waals surface area contributed by atoms with Crippen molar-refractivity contribution in [2.45, 2.75) is 95.6 Å². The van der Waals surface area contributed by atoms with Crippen LogP contribution in [0.4, 0.5) is 4.79 Å². The lowest BCUT2D eigenvalue weighted by atomic mass is 10.0. The Bertz CT molecular complexity index is 1690. The van der Waals surface area contributed by atoms with Gasteiger partial charge in [-0.25, -0.2) is 14.4 Å². The van der Waals surface area contributed by atoms with Gasteiger partial charge < -0.3 is 52.0 Å². The SMILES string of the molecule is CC(C)C[C@H](NC(=O)N[C@@H](Cc1ccc(O)cc1)C(=O)O)C(=O)N[C@H](C(=O)NCC1C[C@@H](O)[C@H](n2ccc(=O)[nH]c2=O)O1)[C@H](C)N(C)C(=O)[C@H](C)N. The smallest absolute Gasteiger partial charge is 0.330 e. The van der Waals surface area contributed by atoms with Crippen LogP contribution in [-0.4, -0.2) is 116 Å². The van der Waals surface area contributed by atoms with E-state index in [9.17, 15) is 48.9 Å². The number of carboxylic acids is 1. The maximum Gasteiger partial charge on any atom is 0.330 e. The van der Waals surface area contributed by atoms with Crippen LogP contribution in [0, 0.1) is 5.92 Å². The summed E-state index contributed by atoms with van der Waals surface area (Å²) in [6, 6.07) is -0.0374. The molecule has 0 bridgehead atoms. The second-order valence-electron chi connectivity index (χ2n) is 13.2. The Balaban J connectivity index is 1.76. The number of carbonyl (C=O) groups is 5. The van der Waals surface area contributed by atoms with Crippen LogP contribution in [-0.2, 0) is 30.3 Å². The van der Waals surface area contributed by atoms with E-state index in [1.165, 1.54) is 56.3 Å². The van der Waals surface area contributed by atoms with Crippen LogP contribution >= 0.6 is 0 Å². The average Bonchev–Trinajstić information content (AvgIpc) is 3.44. The number of aromatic hydroxyl groups is 1. The number of likely N-dealkylation sites (N-methyl/N-ethyl adjacent to an activating group) is 1. The first-order valence-electron chi connectivity index (χ1n) is 16.7. The molecule has 286 valence electrons. The molecule has 5 amide bonds. The molecule has 52 heavy (non-hydrogen) atoms. The van der Waals surface area contributed by atoms with Gasteiger partial charge in [0.05, 0.1) is 18.2 Å². The molecule has 19 nitrogen and oxygen atoms in total. The molecule has 8 atom stereocenters. The molecule has 1 aromatic heterocycles. The topological polar surface area (TPSA) is 288 Å². The molecule has 1 aliphatic heterocycles.